The zero-order chi connectivity index (χ0) is 16.9. The molecule has 128 valence electrons. The quantitative estimate of drug-likeness (QED) is 0.462. The average Bonchev–Trinajstić information content (AvgIpc) is 2.08. The van der Waals surface area contributed by atoms with E-state index in [9.17, 15) is 0 Å². The Kier molecular flexibility index (Phi) is 8.27. The van der Waals surface area contributed by atoms with Gasteiger partial charge in [-0.1, -0.05) is 0 Å². The van der Waals surface area contributed by atoms with Crippen molar-refractivity contribution >= 4 is 33.8 Å². The molecule has 8 heteroatoms. The molecule has 0 saturated carbocycles. The maximum atomic E-state index is 9.08. The van der Waals surface area contributed by atoms with Gasteiger partial charge in [-0.15, -0.1) is 0 Å². The van der Waals surface area contributed by atoms with E-state index in [1.807, 2.05) is 0 Å². The molecule has 0 aliphatic carbocycles. The van der Waals surface area contributed by atoms with Gasteiger partial charge in [0.15, 0.2) is 25.0 Å². The first kappa shape index (κ1) is 21.7. The van der Waals surface area contributed by atoms with Gasteiger partial charge in [0.2, 0.25) is 0 Å². The van der Waals surface area contributed by atoms with E-state index in [2.05, 4.69) is 58.9 Å². The standard InChI is InChI=1S/C13H36O4Si4/c1-18(2,3)15-21(13-11-10-12-14,16-19(4,5)6)17-20(7,8)9/h14H,10-13H2,1-9H3. The summed E-state index contributed by atoms with van der Waals surface area (Å²) in [6.07, 6.45) is 1.69. The highest BCUT2D eigenvalue weighted by molar-refractivity contribution is 6.90. The minimum atomic E-state index is -2.66. The predicted octanol–water partition coefficient (Wildman–Crippen LogP) is 4.25. The lowest BCUT2D eigenvalue weighted by Crippen LogP contribution is -2.60. The van der Waals surface area contributed by atoms with Crippen LogP contribution in [0.15, 0.2) is 0 Å². The first-order valence-electron chi connectivity index (χ1n) is 7.89. The van der Waals surface area contributed by atoms with E-state index in [1.165, 1.54) is 0 Å². The number of unbranched alkanes of at least 4 members (excludes halogenated alkanes) is 1. The van der Waals surface area contributed by atoms with Crippen LogP contribution in [0.3, 0.4) is 0 Å². The second-order valence-electron chi connectivity index (χ2n) is 8.51. The fourth-order valence-electron chi connectivity index (χ4n) is 2.07. The SMILES string of the molecule is C[Si](C)(C)O[Si](CCCCO)(O[Si](C)(C)C)O[Si](C)(C)C. The third-order valence-electron chi connectivity index (χ3n) is 2.28. The Bertz CT molecular complexity index is 264. The van der Waals surface area contributed by atoms with Crippen LogP contribution in [0, 0.1) is 0 Å². The van der Waals surface area contributed by atoms with Gasteiger partial charge in [-0.05, 0) is 71.8 Å². The van der Waals surface area contributed by atoms with E-state index in [0.717, 1.165) is 18.9 Å². The molecule has 21 heavy (non-hydrogen) atoms. The molecule has 0 aromatic rings. The summed E-state index contributed by atoms with van der Waals surface area (Å²) < 4.78 is 19.6. The van der Waals surface area contributed by atoms with Crippen molar-refractivity contribution in [2.24, 2.45) is 0 Å². The Hall–Kier alpha value is 0.708. The topological polar surface area (TPSA) is 47.9 Å². The van der Waals surface area contributed by atoms with Gasteiger partial charge >= 0.3 is 8.80 Å². The monoisotopic (exact) mass is 368 g/mol. The van der Waals surface area contributed by atoms with Gasteiger partial charge in [0, 0.05) is 12.7 Å². The summed E-state index contributed by atoms with van der Waals surface area (Å²) >= 11 is 0. The highest BCUT2D eigenvalue weighted by Crippen LogP contribution is 2.30. The van der Waals surface area contributed by atoms with Crippen molar-refractivity contribution in [3.63, 3.8) is 0 Å². The van der Waals surface area contributed by atoms with Gasteiger partial charge in [-0.3, -0.25) is 0 Å². The lowest BCUT2D eigenvalue weighted by molar-refractivity contribution is 0.244. The molecule has 0 aromatic carbocycles. The maximum Gasteiger partial charge on any atom is 0.469 e. The van der Waals surface area contributed by atoms with Crippen LogP contribution < -0.4 is 0 Å². The van der Waals surface area contributed by atoms with Crippen molar-refractivity contribution < 1.29 is 17.5 Å². The summed E-state index contributed by atoms with van der Waals surface area (Å²) in [7, 11) is -7.94. The molecule has 0 amide bonds. The number of hydrogen-bond donors (Lipinski definition) is 1. The number of hydrogen-bond acceptors (Lipinski definition) is 4. The van der Waals surface area contributed by atoms with E-state index >= 15 is 0 Å². The van der Waals surface area contributed by atoms with Crippen molar-refractivity contribution in [1.29, 1.82) is 0 Å². The molecule has 0 bridgehead atoms. The molecule has 0 aliphatic rings. The van der Waals surface area contributed by atoms with Crippen LogP contribution in [-0.2, 0) is 12.3 Å². The smallest absolute Gasteiger partial charge is 0.417 e. The first-order valence-corrected chi connectivity index (χ1v) is 20.1. The number of aliphatic hydroxyl groups excluding tert-OH is 1. The molecular formula is C13H36O4Si4. The fourth-order valence-corrected chi connectivity index (χ4v) is 16.8. The van der Waals surface area contributed by atoms with Crippen LogP contribution in [0.2, 0.25) is 65.0 Å². The normalized spacial score (nSPS) is 14.6. The van der Waals surface area contributed by atoms with E-state index < -0.39 is 33.8 Å². The highest BCUT2D eigenvalue weighted by atomic mass is 28.5. The van der Waals surface area contributed by atoms with Crippen molar-refractivity contribution in [1.82, 2.24) is 0 Å². The van der Waals surface area contributed by atoms with Crippen molar-refractivity contribution in [2.75, 3.05) is 6.61 Å². The third kappa shape index (κ3) is 11.9. The van der Waals surface area contributed by atoms with Gasteiger partial charge < -0.3 is 17.5 Å². The Morgan fingerprint density at radius 3 is 1.19 bits per heavy atom. The molecule has 1 N–H and O–H groups in total. The molecule has 0 spiro atoms. The second-order valence-corrected chi connectivity index (χ2v) is 25.5. The summed E-state index contributed by atoms with van der Waals surface area (Å²) in [5, 5.41) is 9.08. The average molecular weight is 369 g/mol. The lowest BCUT2D eigenvalue weighted by Gasteiger charge is -2.42. The maximum absolute atomic E-state index is 9.08. The largest absolute Gasteiger partial charge is 0.469 e. The van der Waals surface area contributed by atoms with Crippen LogP contribution >= 0.6 is 0 Å². The van der Waals surface area contributed by atoms with Crippen LogP contribution in [0.1, 0.15) is 12.8 Å². The summed E-state index contributed by atoms with van der Waals surface area (Å²) in [6, 6.07) is 0.826. The molecule has 0 saturated heterocycles. The zero-order valence-electron chi connectivity index (χ0n) is 15.5. The molecule has 0 fully saturated rings. The third-order valence-corrected chi connectivity index (χ3v) is 14.3. The zero-order valence-corrected chi connectivity index (χ0v) is 19.5. The van der Waals surface area contributed by atoms with Crippen molar-refractivity contribution in [3.8, 4) is 0 Å². The van der Waals surface area contributed by atoms with Crippen LogP contribution in [0.25, 0.3) is 0 Å². The number of rotatable bonds is 10. The van der Waals surface area contributed by atoms with Crippen LogP contribution in [0.4, 0.5) is 0 Å². The fraction of sp³-hybridized carbons (Fsp3) is 1.00. The molecule has 0 aliphatic heterocycles. The molecule has 4 nitrogen and oxygen atoms in total. The summed E-state index contributed by atoms with van der Waals surface area (Å²) in [4.78, 5) is 0. The summed E-state index contributed by atoms with van der Waals surface area (Å²) in [6.45, 7) is 20.0. The van der Waals surface area contributed by atoms with E-state index in [0.29, 0.717) is 0 Å². The first-order chi connectivity index (χ1) is 9.18. The van der Waals surface area contributed by atoms with Gasteiger partial charge in [0.1, 0.15) is 0 Å². The highest BCUT2D eigenvalue weighted by Gasteiger charge is 2.49. The van der Waals surface area contributed by atoms with Gasteiger partial charge in [0.25, 0.3) is 0 Å². The summed E-state index contributed by atoms with van der Waals surface area (Å²) in [5.74, 6) is 0. The van der Waals surface area contributed by atoms with E-state index in [4.69, 9.17) is 17.5 Å². The predicted molar refractivity (Wildman–Crippen MR) is 100 cm³/mol. The van der Waals surface area contributed by atoms with Crippen molar-refractivity contribution in [3.05, 3.63) is 0 Å². The Balaban J connectivity index is 5.36. The molecule has 0 aromatic heterocycles. The molecule has 0 unspecified atom stereocenters. The number of aliphatic hydroxyl groups is 1. The molecule has 0 atom stereocenters. The molecule has 0 heterocycles. The van der Waals surface area contributed by atoms with Gasteiger partial charge in [-0.2, -0.15) is 0 Å². The molecule has 0 radical (unpaired) electrons. The summed E-state index contributed by atoms with van der Waals surface area (Å²) in [5.41, 5.74) is 0. The van der Waals surface area contributed by atoms with Gasteiger partial charge in [-0.25, -0.2) is 0 Å². The second kappa shape index (κ2) is 8.00. The Labute approximate surface area is 136 Å². The van der Waals surface area contributed by atoms with E-state index in [-0.39, 0.29) is 6.61 Å². The van der Waals surface area contributed by atoms with Crippen LogP contribution in [0.5, 0.6) is 0 Å². The minimum Gasteiger partial charge on any atom is -0.417 e. The van der Waals surface area contributed by atoms with Crippen molar-refractivity contribution in [2.45, 2.75) is 77.8 Å². The Morgan fingerprint density at radius 1 is 0.619 bits per heavy atom. The molecular weight excluding hydrogens is 332 g/mol. The van der Waals surface area contributed by atoms with E-state index in [1.54, 1.807) is 0 Å². The van der Waals surface area contributed by atoms with Crippen LogP contribution in [-0.4, -0.2) is 45.5 Å². The van der Waals surface area contributed by atoms with Gasteiger partial charge in [0.05, 0.1) is 0 Å². The lowest BCUT2D eigenvalue weighted by atomic mass is 10.4. The minimum absolute atomic E-state index is 0.220. The molecule has 0 rings (SSSR count). The Morgan fingerprint density at radius 2 is 0.952 bits per heavy atom.